The van der Waals surface area contributed by atoms with Crippen molar-refractivity contribution < 1.29 is 4.39 Å². The second-order valence-corrected chi connectivity index (χ2v) is 2.83. The molecule has 0 fully saturated rings. The molecule has 0 aromatic carbocycles. The van der Waals surface area contributed by atoms with Crippen molar-refractivity contribution in [2.75, 3.05) is 0 Å². The predicted octanol–water partition coefficient (Wildman–Crippen LogP) is 4.12. The van der Waals surface area contributed by atoms with Gasteiger partial charge >= 0.3 is 0 Å². The van der Waals surface area contributed by atoms with E-state index in [1.165, 1.54) is 12.3 Å². The van der Waals surface area contributed by atoms with Crippen LogP contribution in [0.2, 0.25) is 0 Å². The van der Waals surface area contributed by atoms with Gasteiger partial charge in [-0.1, -0.05) is 37.0 Å². The highest BCUT2D eigenvalue weighted by atomic mass is 19.1. The Labute approximate surface area is 90.5 Å². The molecule has 80 valence electrons. The molecule has 0 radical (unpaired) electrons. The number of halogens is 1. The summed E-state index contributed by atoms with van der Waals surface area (Å²) in [4.78, 5) is 0. The van der Waals surface area contributed by atoms with Crippen molar-refractivity contribution in [3.8, 4) is 0 Å². The molecule has 15 heavy (non-hydrogen) atoms. The number of hydrogen-bond donors (Lipinski definition) is 1. The molecule has 1 N–H and O–H groups in total. The third kappa shape index (κ3) is 5.57. The normalized spacial score (nSPS) is 13.8. The molecule has 0 aliphatic heterocycles. The first kappa shape index (κ1) is 13.3. The fraction of sp³-hybridized carbons (Fsp3) is 0.154. The fourth-order valence-electron chi connectivity index (χ4n) is 0.792. The summed E-state index contributed by atoms with van der Waals surface area (Å²) in [5, 5.41) is 7.03. The average molecular weight is 205 g/mol. The first-order chi connectivity index (χ1) is 7.15. The van der Waals surface area contributed by atoms with E-state index in [0.717, 1.165) is 5.57 Å². The van der Waals surface area contributed by atoms with E-state index in [1.807, 2.05) is 13.8 Å². The molecule has 0 atom stereocenters. The summed E-state index contributed by atoms with van der Waals surface area (Å²) in [6.07, 6.45) is 10.9. The second-order valence-electron chi connectivity index (χ2n) is 2.83. The number of nitrogens with one attached hydrogen (secondary N) is 1. The molecule has 0 saturated heterocycles. The van der Waals surface area contributed by atoms with Gasteiger partial charge in [-0.2, -0.15) is 0 Å². The van der Waals surface area contributed by atoms with Crippen molar-refractivity contribution in [1.82, 2.24) is 0 Å². The van der Waals surface area contributed by atoms with Crippen LogP contribution >= 0.6 is 0 Å². The van der Waals surface area contributed by atoms with E-state index >= 15 is 0 Å². The van der Waals surface area contributed by atoms with E-state index in [9.17, 15) is 4.39 Å². The molecule has 0 bridgehead atoms. The molecule has 1 nitrogen and oxygen atoms in total. The van der Waals surface area contributed by atoms with E-state index in [0.29, 0.717) is 5.57 Å². The summed E-state index contributed by atoms with van der Waals surface area (Å²) in [6.45, 7) is 7.22. The van der Waals surface area contributed by atoms with E-state index < -0.39 is 0 Å². The van der Waals surface area contributed by atoms with Gasteiger partial charge < -0.3 is 5.41 Å². The van der Waals surface area contributed by atoms with Crippen molar-refractivity contribution in [2.24, 2.45) is 0 Å². The van der Waals surface area contributed by atoms with Gasteiger partial charge in [0.15, 0.2) is 0 Å². The van der Waals surface area contributed by atoms with Gasteiger partial charge in [-0.25, -0.2) is 4.39 Å². The Morgan fingerprint density at radius 2 is 1.93 bits per heavy atom. The van der Waals surface area contributed by atoms with Crippen LogP contribution in [-0.2, 0) is 0 Å². The lowest BCUT2D eigenvalue weighted by Crippen LogP contribution is -1.79. The number of allylic oxidation sites excluding steroid dienone is 9. The molecule has 0 amide bonds. The minimum absolute atomic E-state index is 0.300. The lowest BCUT2D eigenvalue weighted by molar-refractivity contribution is 0.658. The van der Waals surface area contributed by atoms with Crippen LogP contribution in [0.15, 0.2) is 60.0 Å². The van der Waals surface area contributed by atoms with Gasteiger partial charge in [0.1, 0.15) is 5.83 Å². The molecule has 0 rings (SSSR count). The van der Waals surface area contributed by atoms with Crippen LogP contribution in [0.5, 0.6) is 0 Å². The Kier molecular flexibility index (Phi) is 6.81. The van der Waals surface area contributed by atoms with Crippen LogP contribution in [-0.4, -0.2) is 6.21 Å². The molecule has 0 aromatic rings. The summed E-state index contributed by atoms with van der Waals surface area (Å²) >= 11 is 0. The maximum Gasteiger partial charge on any atom is 0.129 e. The van der Waals surface area contributed by atoms with Crippen LogP contribution in [0.25, 0.3) is 0 Å². The molecule has 0 unspecified atom stereocenters. The van der Waals surface area contributed by atoms with E-state index in [-0.39, 0.29) is 5.83 Å². The lowest BCUT2D eigenvalue weighted by atomic mass is 10.2. The molecule has 0 aliphatic rings. The van der Waals surface area contributed by atoms with Gasteiger partial charge in [0, 0.05) is 11.8 Å². The number of hydrogen-bond acceptors (Lipinski definition) is 1. The van der Waals surface area contributed by atoms with Gasteiger partial charge in [0.2, 0.25) is 0 Å². The van der Waals surface area contributed by atoms with Crippen molar-refractivity contribution >= 4 is 6.21 Å². The third-order valence-corrected chi connectivity index (χ3v) is 1.72. The third-order valence-electron chi connectivity index (χ3n) is 1.72. The highest BCUT2D eigenvalue weighted by molar-refractivity contribution is 5.79. The van der Waals surface area contributed by atoms with Gasteiger partial charge in [-0.3, -0.25) is 0 Å². The molecular formula is C13H16FN. The molecule has 0 spiro atoms. The Balaban J connectivity index is 4.56. The topological polar surface area (TPSA) is 23.9 Å². The van der Waals surface area contributed by atoms with Crippen molar-refractivity contribution in [3.63, 3.8) is 0 Å². The van der Waals surface area contributed by atoms with Gasteiger partial charge in [0.05, 0.1) is 0 Å². The van der Waals surface area contributed by atoms with Crippen LogP contribution < -0.4 is 0 Å². The molecular weight excluding hydrogens is 189 g/mol. The second kappa shape index (κ2) is 7.68. The molecule has 0 aliphatic carbocycles. The van der Waals surface area contributed by atoms with Gasteiger partial charge in [-0.05, 0) is 25.5 Å². The summed E-state index contributed by atoms with van der Waals surface area (Å²) in [7, 11) is 0. The van der Waals surface area contributed by atoms with Crippen molar-refractivity contribution in [1.29, 1.82) is 5.41 Å². The minimum Gasteiger partial charge on any atom is -0.308 e. The Bertz CT molecular complexity index is 344. The zero-order valence-corrected chi connectivity index (χ0v) is 9.13. The zero-order valence-electron chi connectivity index (χ0n) is 9.13. The molecule has 0 heterocycles. The van der Waals surface area contributed by atoms with Gasteiger partial charge in [0.25, 0.3) is 0 Å². The average Bonchev–Trinajstić information content (AvgIpc) is 2.26. The molecule has 0 aromatic heterocycles. The fourth-order valence-corrected chi connectivity index (χ4v) is 0.792. The predicted molar refractivity (Wildman–Crippen MR) is 64.8 cm³/mol. The maximum atomic E-state index is 13.2. The Morgan fingerprint density at radius 3 is 2.40 bits per heavy atom. The largest absolute Gasteiger partial charge is 0.308 e. The van der Waals surface area contributed by atoms with Crippen LogP contribution in [0, 0.1) is 5.41 Å². The van der Waals surface area contributed by atoms with E-state index in [4.69, 9.17) is 5.41 Å². The number of rotatable bonds is 5. The standard InChI is InChI=1S/C13H16FN/c1-4-6-7-13(14)11(3)8-9-12(5-2)10-15/h4-10,15H,3H2,1-2H3/b6-4-,9-8-,12-5+,13-7+,15-10?. The smallest absolute Gasteiger partial charge is 0.129 e. The van der Waals surface area contributed by atoms with Crippen LogP contribution in [0.4, 0.5) is 4.39 Å². The van der Waals surface area contributed by atoms with Gasteiger partial charge in [-0.15, -0.1) is 0 Å². The summed E-state index contributed by atoms with van der Waals surface area (Å²) in [5.41, 5.74) is 1.02. The summed E-state index contributed by atoms with van der Waals surface area (Å²) in [5.74, 6) is -0.371. The first-order valence-corrected chi connectivity index (χ1v) is 4.68. The van der Waals surface area contributed by atoms with Crippen molar-refractivity contribution in [2.45, 2.75) is 13.8 Å². The zero-order chi connectivity index (χ0) is 11.7. The maximum absolute atomic E-state index is 13.2. The van der Waals surface area contributed by atoms with E-state index in [1.54, 1.807) is 30.4 Å². The molecule has 0 saturated carbocycles. The van der Waals surface area contributed by atoms with E-state index in [2.05, 4.69) is 6.58 Å². The van der Waals surface area contributed by atoms with Crippen LogP contribution in [0.3, 0.4) is 0 Å². The minimum atomic E-state index is -0.371. The highest BCUT2D eigenvalue weighted by Gasteiger charge is 1.95. The highest BCUT2D eigenvalue weighted by Crippen LogP contribution is 2.11. The lowest BCUT2D eigenvalue weighted by Gasteiger charge is -1.94. The first-order valence-electron chi connectivity index (χ1n) is 4.68. The monoisotopic (exact) mass is 205 g/mol. The molecule has 2 heteroatoms. The summed E-state index contributed by atoms with van der Waals surface area (Å²) < 4.78 is 13.2. The SMILES string of the molecule is C=C(/C=C\C(C=N)=C/C)/C(F)=C\C=C/C. The quantitative estimate of drug-likeness (QED) is 0.515. The van der Waals surface area contributed by atoms with Crippen LogP contribution in [0.1, 0.15) is 13.8 Å². The van der Waals surface area contributed by atoms with Crippen molar-refractivity contribution in [3.05, 3.63) is 60.0 Å². The summed E-state index contributed by atoms with van der Waals surface area (Å²) in [6, 6.07) is 0. The Hall–Kier alpha value is -1.70. The Morgan fingerprint density at radius 1 is 1.27 bits per heavy atom.